The first-order chi connectivity index (χ1) is 13.1. The van der Waals surface area contributed by atoms with Crippen LogP contribution in [-0.4, -0.2) is 26.2 Å². The number of carbonyl (C=O) groups is 1. The van der Waals surface area contributed by atoms with Gasteiger partial charge in [-0.2, -0.15) is 0 Å². The van der Waals surface area contributed by atoms with Crippen LogP contribution in [0, 0.1) is 5.82 Å². The van der Waals surface area contributed by atoms with Gasteiger partial charge in [-0.25, -0.2) is 4.39 Å². The minimum atomic E-state index is -0.412. The lowest BCUT2D eigenvalue weighted by Gasteiger charge is -2.14. The molecule has 3 rings (SSSR count). The Morgan fingerprint density at radius 1 is 1.07 bits per heavy atom. The van der Waals surface area contributed by atoms with E-state index in [9.17, 15) is 9.18 Å². The van der Waals surface area contributed by atoms with E-state index in [-0.39, 0.29) is 24.2 Å². The Labute approximate surface area is 157 Å². The third kappa shape index (κ3) is 4.56. The highest BCUT2D eigenvalue weighted by atomic mass is 19.1. The van der Waals surface area contributed by atoms with E-state index in [1.165, 1.54) is 6.07 Å². The number of ether oxygens (including phenoxy) is 2. The molecule has 4 nitrogen and oxygen atoms in total. The number of halogens is 1. The normalized spacial score (nSPS) is 11.8. The van der Waals surface area contributed by atoms with Crippen LogP contribution >= 0.6 is 0 Å². The minimum Gasteiger partial charge on any atom is -0.497 e. The Morgan fingerprint density at radius 3 is 2.59 bits per heavy atom. The molecule has 0 spiro atoms. The molecule has 0 saturated heterocycles. The van der Waals surface area contributed by atoms with Crippen LogP contribution in [0.25, 0.3) is 10.8 Å². The largest absolute Gasteiger partial charge is 0.497 e. The molecular weight excluding hydrogens is 345 g/mol. The van der Waals surface area contributed by atoms with E-state index < -0.39 is 5.82 Å². The first-order valence-electron chi connectivity index (χ1n) is 8.81. The average molecular weight is 367 g/mol. The lowest BCUT2D eigenvalue weighted by atomic mass is 9.97. The lowest BCUT2D eigenvalue weighted by molar-refractivity contribution is -0.122. The summed E-state index contributed by atoms with van der Waals surface area (Å²) >= 11 is 0. The summed E-state index contributed by atoms with van der Waals surface area (Å²) < 4.78 is 24.1. The summed E-state index contributed by atoms with van der Waals surface area (Å²) in [5, 5.41) is 4.94. The molecule has 3 aromatic carbocycles. The van der Waals surface area contributed by atoms with Gasteiger partial charge in [0.05, 0.1) is 19.6 Å². The molecule has 0 aliphatic heterocycles. The van der Waals surface area contributed by atoms with Crippen LogP contribution in [0.3, 0.4) is 0 Å². The molecule has 5 heteroatoms. The molecule has 0 aliphatic rings. The van der Waals surface area contributed by atoms with Gasteiger partial charge in [-0.1, -0.05) is 36.4 Å². The van der Waals surface area contributed by atoms with Crippen molar-refractivity contribution in [2.45, 2.75) is 12.8 Å². The van der Waals surface area contributed by atoms with Crippen molar-refractivity contribution in [2.75, 3.05) is 20.3 Å². The fraction of sp³-hybridized carbons (Fsp3) is 0.227. The van der Waals surface area contributed by atoms with Crippen molar-refractivity contribution < 1.29 is 18.7 Å². The molecule has 0 heterocycles. The van der Waals surface area contributed by atoms with E-state index in [2.05, 4.69) is 5.32 Å². The summed E-state index contributed by atoms with van der Waals surface area (Å²) in [6.45, 7) is 2.37. The van der Waals surface area contributed by atoms with E-state index in [0.717, 1.165) is 22.1 Å². The maximum absolute atomic E-state index is 13.5. The number of hydrogen-bond donors (Lipinski definition) is 1. The zero-order chi connectivity index (χ0) is 19.2. The molecule has 3 aromatic rings. The number of benzene rings is 3. The van der Waals surface area contributed by atoms with Crippen LogP contribution < -0.4 is 14.8 Å². The molecular formula is C22H22FNO3. The van der Waals surface area contributed by atoms with Gasteiger partial charge in [0.1, 0.15) is 12.4 Å². The number of nitrogens with one attached hydrogen (secondary N) is 1. The first-order valence-corrected chi connectivity index (χ1v) is 8.81. The third-order valence-corrected chi connectivity index (χ3v) is 4.46. The SMILES string of the molecule is COc1ccc2cc([C@H](C)C(=O)NCCOc3ccccc3F)ccc2c1. The highest BCUT2D eigenvalue weighted by molar-refractivity contribution is 5.88. The number of rotatable bonds is 7. The second kappa shape index (κ2) is 8.54. The smallest absolute Gasteiger partial charge is 0.227 e. The second-order valence-electron chi connectivity index (χ2n) is 6.26. The summed E-state index contributed by atoms with van der Waals surface area (Å²) in [4.78, 5) is 12.4. The Hall–Kier alpha value is -3.08. The van der Waals surface area contributed by atoms with E-state index in [1.807, 2.05) is 43.3 Å². The standard InChI is InChI=1S/C22H22FNO3/c1-15(16-7-8-18-14-19(26-2)10-9-17(18)13-16)22(25)24-11-12-27-21-6-4-3-5-20(21)23/h3-10,13-15H,11-12H2,1-2H3,(H,24,25)/t15-/m0/s1. The van der Waals surface area contributed by atoms with Gasteiger partial charge in [-0.3, -0.25) is 4.79 Å². The molecule has 0 bridgehead atoms. The molecule has 0 aliphatic carbocycles. The fourth-order valence-corrected chi connectivity index (χ4v) is 2.84. The van der Waals surface area contributed by atoms with Gasteiger partial charge in [0, 0.05) is 0 Å². The monoisotopic (exact) mass is 367 g/mol. The van der Waals surface area contributed by atoms with Gasteiger partial charge in [0.15, 0.2) is 11.6 Å². The third-order valence-electron chi connectivity index (χ3n) is 4.46. The number of carbonyl (C=O) groups excluding carboxylic acids is 1. The Morgan fingerprint density at radius 2 is 1.81 bits per heavy atom. The van der Waals surface area contributed by atoms with E-state index in [1.54, 1.807) is 25.3 Å². The number of amides is 1. The van der Waals surface area contributed by atoms with Gasteiger partial charge in [0.25, 0.3) is 0 Å². The maximum atomic E-state index is 13.5. The zero-order valence-electron chi connectivity index (χ0n) is 15.4. The summed E-state index contributed by atoms with van der Waals surface area (Å²) in [6.07, 6.45) is 0. The molecule has 140 valence electrons. The molecule has 27 heavy (non-hydrogen) atoms. The fourth-order valence-electron chi connectivity index (χ4n) is 2.84. The summed E-state index contributed by atoms with van der Waals surface area (Å²) in [5.74, 6) is 0.176. The van der Waals surface area contributed by atoms with Gasteiger partial charge in [-0.15, -0.1) is 0 Å². The van der Waals surface area contributed by atoms with Crippen molar-refractivity contribution in [3.05, 3.63) is 72.0 Å². The predicted octanol–water partition coefficient (Wildman–Crippen LogP) is 4.29. The lowest BCUT2D eigenvalue weighted by Crippen LogP contribution is -2.31. The maximum Gasteiger partial charge on any atom is 0.227 e. The molecule has 1 N–H and O–H groups in total. The van der Waals surface area contributed by atoms with Crippen molar-refractivity contribution in [1.29, 1.82) is 0 Å². The van der Waals surface area contributed by atoms with E-state index in [0.29, 0.717) is 6.54 Å². The Kier molecular flexibility index (Phi) is 5.91. The van der Waals surface area contributed by atoms with Gasteiger partial charge < -0.3 is 14.8 Å². The van der Waals surface area contributed by atoms with Gasteiger partial charge in [0.2, 0.25) is 5.91 Å². The number of para-hydroxylation sites is 1. The summed E-state index contributed by atoms with van der Waals surface area (Å²) in [7, 11) is 1.64. The minimum absolute atomic E-state index is 0.0972. The topological polar surface area (TPSA) is 47.6 Å². The molecule has 0 radical (unpaired) electrons. The highest BCUT2D eigenvalue weighted by Gasteiger charge is 2.15. The van der Waals surface area contributed by atoms with Crippen LogP contribution in [0.1, 0.15) is 18.4 Å². The van der Waals surface area contributed by atoms with Gasteiger partial charge in [-0.05, 0) is 47.5 Å². The van der Waals surface area contributed by atoms with Gasteiger partial charge >= 0.3 is 0 Å². The molecule has 1 amide bonds. The zero-order valence-corrected chi connectivity index (χ0v) is 15.4. The van der Waals surface area contributed by atoms with Crippen molar-refractivity contribution in [1.82, 2.24) is 5.32 Å². The second-order valence-corrected chi connectivity index (χ2v) is 6.26. The van der Waals surface area contributed by atoms with Crippen molar-refractivity contribution in [3.8, 4) is 11.5 Å². The van der Waals surface area contributed by atoms with E-state index in [4.69, 9.17) is 9.47 Å². The van der Waals surface area contributed by atoms with E-state index >= 15 is 0 Å². The molecule has 0 fully saturated rings. The molecule has 0 unspecified atom stereocenters. The molecule has 0 saturated carbocycles. The average Bonchev–Trinajstić information content (AvgIpc) is 2.70. The first kappa shape index (κ1) is 18.7. The van der Waals surface area contributed by atoms with Crippen LogP contribution in [-0.2, 0) is 4.79 Å². The van der Waals surface area contributed by atoms with Crippen LogP contribution in [0.5, 0.6) is 11.5 Å². The molecule has 1 atom stereocenters. The van der Waals surface area contributed by atoms with Crippen LogP contribution in [0.15, 0.2) is 60.7 Å². The van der Waals surface area contributed by atoms with Crippen LogP contribution in [0.2, 0.25) is 0 Å². The summed E-state index contributed by atoms with van der Waals surface area (Å²) in [6, 6.07) is 18.0. The van der Waals surface area contributed by atoms with Crippen molar-refractivity contribution >= 4 is 16.7 Å². The predicted molar refractivity (Wildman–Crippen MR) is 104 cm³/mol. The number of fused-ring (bicyclic) bond motifs is 1. The van der Waals surface area contributed by atoms with Crippen molar-refractivity contribution in [3.63, 3.8) is 0 Å². The van der Waals surface area contributed by atoms with Crippen molar-refractivity contribution in [2.24, 2.45) is 0 Å². The molecule has 0 aromatic heterocycles. The van der Waals surface area contributed by atoms with Crippen LogP contribution in [0.4, 0.5) is 4.39 Å². The Balaban J connectivity index is 1.56. The number of hydrogen-bond acceptors (Lipinski definition) is 3. The quantitative estimate of drug-likeness (QED) is 0.634. The highest BCUT2D eigenvalue weighted by Crippen LogP contribution is 2.25. The number of methoxy groups -OCH3 is 1. The Bertz CT molecular complexity index is 942. The summed E-state index contributed by atoms with van der Waals surface area (Å²) in [5.41, 5.74) is 0.931.